The Labute approximate surface area is 573 Å². The first kappa shape index (κ1) is 70.1. The van der Waals surface area contributed by atoms with Crippen molar-refractivity contribution in [2.45, 2.75) is 86.0 Å². The number of hydrogen-bond acceptors (Lipinski definition) is 8. The molecule has 3 amide bonds. The van der Waals surface area contributed by atoms with E-state index in [9.17, 15) is 35.6 Å². The lowest BCUT2D eigenvalue weighted by Gasteiger charge is -2.31. The number of halogens is 1. The molecule has 1 saturated heterocycles. The molecule has 0 aliphatic carbocycles. The maximum atomic E-state index is 13.4. The molecule has 15 rings (SSSR count). The first-order chi connectivity index (χ1) is 46.9. The highest BCUT2D eigenvalue weighted by Crippen LogP contribution is 2.37. The Kier molecular flexibility index (Phi) is 21.6. The fraction of sp³-hybridized carbons (Fsp3) is 0.338. The second-order valence-corrected chi connectivity index (χ2v) is 30.1. The quantitative estimate of drug-likeness (QED) is 0.0981. The summed E-state index contributed by atoms with van der Waals surface area (Å²) in [7, 11) is -4.55. The number of nitrogens with zero attached hydrogens (tertiary/aromatic N) is 5. The highest BCUT2D eigenvalue weighted by atomic mass is 32.2. The van der Waals surface area contributed by atoms with Gasteiger partial charge in [-0.1, -0.05) is 71.3 Å². The second kappa shape index (κ2) is 30.2. The molecule has 21 heteroatoms. The number of carbonyl (C=O) groups is 3. The third-order valence-electron chi connectivity index (χ3n) is 19.4. The lowest BCUT2D eigenvalue weighted by Crippen LogP contribution is -2.36. The fourth-order valence-corrected chi connectivity index (χ4v) is 15.3. The van der Waals surface area contributed by atoms with E-state index in [0.29, 0.717) is 45.1 Å². The maximum Gasteiger partial charge on any atom is 0.219 e. The number of nitrogens with one attached hydrogen (secondary N) is 5. The minimum atomic E-state index is -3.15. The Balaban J connectivity index is 0.000000124. The van der Waals surface area contributed by atoms with E-state index >= 15 is 0 Å². The number of fused-ring (bicyclic) bond motifs is 5. The smallest absolute Gasteiger partial charge is 0.219 e. The molecule has 0 unspecified atom stereocenters. The van der Waals surface area contributed by atoms with Crippen LogP contribution >= 0.6 is 0 Å². The number of H-pyrrole nitrogens is 5. The fourth-order valence-electron chi connectivity index (χ4n) is 13.8. The van der Waals surface area contributed by atoms with Crippen molar-refractivity contribution >= 4 is 115 Å². The van der Waals surface area contributed by atoms with Crippen molar-refractivity contribution in [1.82, 2.24) is 48.2 Å². The highest BCUT2D eigenvalue weighted by molar-refractivity contribution is 7.88. The Hall–Kier alpha value is -9.28. The average molecular weight is 1370 g/mol. The van der Waals surface area contributed by atoms with Crippen molar-refractivity contribution in [1.29, 1.82) is 0 Å². The first-order valence-corrected chi connectivity index (χ1v) is 37.2. The summed E-state index contributed by atoms with van der Waals surface area (Å²) in [6.45, 7) is 17.9. The van der Waals surface area contributed by atoms with Gasteiger partial charge in [-0.15, -0.1) is 0 Å². The van der Waals surface area contributed by atoms with Crippen LogP contribution in [0.25, 0.3) is 76.8 Å². The molecular formula is C77H89FN10O8S2. The van der Waals surface area contributed by atoms with Gasteiger partial charge in [0.15, 0.2) is 0 Å². The number of hydrogen-bond donors (Lipinski definition) is 5. The summed E-state index contributed by atoms with van der Waals surface area (Å²) in [6, 6.07) is 30.1. The molecule has 0 bridgehead atoms. The van der Waals surface area contributed by atoms with Crippen LogP contribution in [0.5, 0.6) is 5.75 Å². The molecule has 5 aromatic carbocycles. The topological polar surface area (TPSA) is 224 Å². The first-order valence-electron chi connectivity index (χ1n) is 33.5. The molecule has 10 heterocycles. The van der Waals surface area contributed by atoms with E-state index in [1.54, 1.807) is 33.9 Å². The molecule has 5 N–H and O–H groups in total. The van der Waals surface area contributed by atoms with E-state index in [1.807, 2.05) is 57.6 Å². The summed E-state index contributed by atoms with van der Waals surface area (Å²) in [5.41, 5.74) is 20.2. The van der Waals surface area contributed by atoms with Gasteiger partial charge in [-0.05, 0) is 154 Å². The van der Waals surface area contributed by atoms with Gasteiger partial charge in [0.1, 0.15) is 11.6 Å². The predicted octanol–water partition coefficient (Wildman–Crippen LogP) is 14.0. The van der Waals surface area contributed by atoms with Gasteiger partial charge in [0.25, 0.3) is 0 Å². The van der Waals surface area contributed by atoms with Gasteiger partial charge < -0.3 is 44.4 Å². The summed E-state index contributed by atoms with van der Waals surface area (Å²) in [5.74, 6) is 1.66. The summed E-state index contributed by atoms with van der Waals surface area (Å²) in [6.07, 6.45) is 26.2. The molecule has 10 aromatic rings. The van der Waals surface area contributed by atoms with Gasteiger partial charge in [0, 0.05) is 188 Å². The van der Waals surface area contributed by atoms with Gasteiger partial charge in [-0.3, -0.25) is 14.4 Å². The number of aromatic amines is 5. The number of amides is 3. The van der Waals surface area contributed by atoms with E-state index in [0.717, 1.165) is 104 Å². The van der Waals surface area contributed by atoms with Crippen molar-refractivity contribution in [3.63, 3.8) is 0 Å². The van der Waals surface area contributed by atoms with Crippen molar-refractivity contribution in [3.8, 4) is 5.75 Å². The van der Waals surface area contributed by atoms with E-state index in [2.05, 4.69) is 131 Å². The van der Waals surface area contributed by atoms with Crippen LogP contribution in [0.15, 0.2) is 146 Å². The third-order valence-corrected chi connectivity index (χ3v) is 22.0. The molecule has 0 atom stereocenters. The number of sulfonamides is 2. The number of aromatic nitrogens is 5. The zero-order chi connectivity index (χ0) is 69.6. The molecule has 5 aromatic heterocycles. The largest absolute Gasteiger partial charge is 0.495 e. The standard InChI is InChI=1S/C16H18N2O2.C16H20N2O.C16H18N2O.C15H18N2O2S.C14H15FN2O2S/c1-11(19)18-8-6-12(7-9-18)14-10-17-16-13(14)4-3-5-15(16)20-2;2*1-11-3-4-16-14(9-11)15(10-17-16)13-5-7-18(8-6-13)12(2)19;1-11-3-4-15-13(9-11)14(10-16-15)12-5-7-17(8-6-12)20(2,18)19;1-20(18,19)17-6-4-10(5-7-17)13-9-16-14-3-2-11(15)8-12(13)14/h3-6,10,17H,7-9H2,1-2H3;3-4,9-10,13,17H,5-8H2,1-2H3;3-5,9-10,17H,6-8H2,1-2H3;3-5,9-10,16H,6-8H2,1-2H3;2-4,8-9,16H,5-7H2,1H3. The normalized spacial score (nSPS) is 16.6. The van der Waals surface area contributed by atoms with Crippen molar-refractivity contribution in [2.75, 3.05) is 85.1 Å². The van der Waals surface area contributed by atoms with Crippen molar-refractivity contribution in [2.24, 2.45) is 0 Å². The van der Waals surface area contributed by atoms with Gasteiger partial charge in [-0.2, -0.15) is 8.61 Å². The van der Waals surface area contributed by atoms with E-state index in [1.165, 1.54) is 121 Å². The summed E-state index contributed by atoms with van der Waals surface area (Å²) >= 11 is 0. The number of rotatable bonds is 8. The van der Waals surface area contributed by atoms with Gasteiger partial charge in [0.2, 0.25) is 37.8 Å². The number of benzene rings is 5. The number of carbonyl (C=O) groups excluding carboxylic acids is 3. The van der Waals surface area contributed by atoms with Crippen LogP contribution in [0.4, 0.5) is 4.39 Å². The van der Waals surface area contributed by atoms with Crippen molar-refractivity contribution in [3.05, 3.63) is 197 Å². The number of ether oxygens (including phenoxy) is 1. The van der Waals surface area contributed by atoms with Crippen LogP contribution in [0.1, 0.15) is 110 Å². The summed E-state index contributed by atoms with van der Waals surface area (Å²) in [5, 5.41) is 5.85. The van der Waals surface area contributed by atoms with Crippen LogP contribution in [0.2, 0.25) is 0 Å². The molecule has 0 radical (unpaired) electrons. The zero-order valence-electron chi connectivity index (χ0n) is 57.4. The third kappa shape index (κ3) is 16.3. The highest BCUT2D eigenvalue weighted by Gasteiger charge is 2.27. The van der Waals surface area contributed by atoms with E-state index in [-0.39, 0.29) is 23.5 Å². The van der Waals surface area contributed by atoms with Crippen LogP contribution in [0.3, 0.4) is 0 Å². The van der Waals surface area contributed by atoms with Crippen molar-refractivity contribution < 1.29 is 40.3 Å². The molecule has 5 aliphatic heterocycles. The lowest BCUT2D eigenvalue weighted by molar-refractivity contribution is -0.130. The molecular weight excluding hydrogens is 1280 g/mol. The Bertz CT molecular complexity index is 4840. The molecule has 0 spiro atoms. The van der Waals surface area contributed by atoms with Crippen LogP contribution in [0, 0.1) is 26.6 Å². The van der Waals surface area contributed by atoms with E-state index < -0.39 is 20.0 Å². The van der Waals surface area contributed by atoms with Crippen LogP contribution in [-0.2, 0) is 34.4 Å². The van der Waals surface area contributed by atoms with Crippen LogP contribution < -0.4 is 4.74 Å². The number of piperidine rings is 1. The minimum absolute atomic E-state index is 0.140. The Morgan fingerprint density at radius 1 is 0.449 bits per heavy atom. The Morgan fingerprint density at radius 2 is 0.837 bits per heavy atom. The van der Waals surface area contributed by atoms with Gasteiger partial charge >= 0.3 is 0 Å². The molecule has 98 heavy (non-hydrogen) atoms. The molecule has 0 saturated carbocycles. The Morgan fingerprint density at radius 3 is 1.24 bits per heavy atom. The predicted molar refractivity (Wildman–Crippen MR) is 394 cm³/mol. The molecule has 5 aliphatic rings. The minimum Gasteiger partial charge on any atom is -0.495 e. The maximum absolute atomic E-state index is 13.4. The second-order valence-electron chi connectivity index (χ2n) is 26.1. The molecule has 514 valence electrons. The summed E-state index contributed by atoms with van der Waals surface area (Å²) < 4.78 is 67.7. The van der Waals surface area contributed by atoms with Crippen LogP contribution in [-0.4, -0.2) is 168 Å². The average Bonchev–Trinajstić information content (AvgIpc) is 1.65. The van der Waals surface area contributed by atoms with Gasteiger partial charge in [0.05, 0.1) is 25.1 Å². The SMILES string of the molecule is CC(=O)N1CC=C(c2c[nH]c3ccc(C)cc23)CC1.CC(=O)N1CCC(c2c[nH]c3ccc(C)cc23)CC1.COc1cccc2c(C3=CCN(C(C)=O)CC3)c[nH]c12.CS(=O)(=O)N1CC=C(c2c[nH]c3ccc(F)cc23)CC1.Cc1ccc2[nH]cc(C3=CCN(S(C)(=O)=O)CC3)c2c1. The zero-order valence-corrected chi connectivity index (χ0v) is 59.1. The number of aryl methyl sites for hydroxylation is 3. The summed E-state index contributed by atoms with van der Waals surface area (Å²) in [4.78, 5) is 56.1. The monoisotopic (exact) mass is 1360 g/mol. The molecule has 1 fully saturated rings. The van der Waals surface area contributed by atoms with E-state index in [4.69, 9.17) is 4.74 Å². The number of para-hydroxylation sites is 1. The number of likely N-dealkylation sites (tertiary alicyclic amines) is 1. The number of methoxy groups -OCH3 is 1. The van der Waals surface area contributed by atoms with Gasteiger partial charge in [-0.25, -0.2) is 21.2 Å². The molecule has 18 nitrogen and oxygen atoms in total. The lowest BCUT2D eigenvalue weighted by atomic mass is 9.89.